The average Bonchev–Trinajstić information content (AvgIpc) is 1.77. The molecule has 0 bridgehead atoms. The van der Waals surface area contributed by atoms with E-state index in [2.05, 4.69) is 5.32 Å². The molecular weight excluding hydrogens is 219 g/mol. The standard InChI is InChI=1S/C4H7IN2O/c5-7-3-1-2-6-4(7)8/h1-3H2,(H,6,8). The number of hydrogen-bond acceptors (Lipinski definition) is 1. The summed E-state index contributed by atoms with van der Waals surface area (Å²) in [5.74, 6) is 0. The number of hydrogen-bond donors (Lipinski definition) is 1. The second-order valence-electron chi connectivity index (χ2n) is 1.67. The molecule has 1 rings (SSSR count). The van der Waals surface area contributed by atoms with Gasteiger partial charge in [0.05, 0.1) is 22.9 Å². The highest BCUT2D eigenvalue weighted by molar-refractivity contribution is 14.1. The highest BCUT2D eigenvalue weighted by Gasteiger charge is 2.12. The zero-order valence-electron chi connectivity index (χ0n) is 4.35. The van der Waals surface area contributed by atoms with Crippen LogP contribution in [0.25, 0.3) is 0 Å². The van der Waals surface area contributed by atoms with Crippen LogP contribution in [0.1, 0.15) is 6.42 Å². The molecule has 0 aromatic heterocycles. The van der Waals surface area contributed by atoms with Crippen LogP contribution in [0, 0.1) is 0 Å². The largest absolute Gasteiger partial charge is 0.337 e. The van der Waals surface area contributed by atoms with E-state index in [0.717, 1.165) is 19.5 Å². The predicted molar refractivity (Wildman–Crippen MR) is 38.7 cm³/mol. The summed E-state index contributed by atoms with van der Waals surface area (Å²) in [5, 5.41) is 2.71. The second kappa shape index (κ2) is 2.52. The highest BCUT2D eigenvalue weighted by Crippen LogP contribution is 2.03. The summed E-state index contributed by atoms with van der Waals surface area (Å²) in [4.78, 5) is 10.6. The van der Waals surface area contributed by atoms with E-state index in [-0.39, 0.29) is 6.03 Å². The van der Waals surface area contributed by atoms with E-state index < -0.39 is 0 Å². The number of nitrogens with one attached hydrogen (secondary N) is 1. The fourth-order valence-corrected chi connectivity index (χ4v) is 1.11. The van der Waals surface area contributed by atoms with Crippen molar-refractivity contribution in [3.05, 3.63) is 0 Å². The smallest absolute Gasteiger partial charge is 0.326 e. The molecule has 0 spiro atoms. The van der Waals surface area contributed by atoms with Gasteiger partial charge in [-0.2, -0.15) is 0 Å². The molecule has 1 aliphatic heterocycles. The lowest BCUT2D eigenvalue weighted by Gasteiger charge is -2.20. The first-order valence-electron chi connectivity index (χ1n) is 2.52. The van der Waals surface area contributed by atoms with Gasteiger partial charge in [0.25, 0.3) is 0 Å². The van der Waals surface area contributed by atoms with Crippen molar-refractivity contribution in [2.75, 3.05) is 13.1 Å². The third kappa shape index (κ3) is 1.24. The highest BCUT2D eigenvalue weighted by atomic mass is 127. The maximum Gasteiger partial charge on any atom is 0.326 e. The van der Waals surface area contributed by atoms with E-state index in [1.165, 1.54) is 0 Å². The van der Waals surface area contributed by atoms with Crippen LogP contribution in [0.2, 0.25) is 0 Å². The van der Waals surface area contributed by atoms with E-state index in [4.69, 9.17) is 0 Å². The van der Waals surface area contributed by atoms with E-state index >= 15 is 0 Å². The summed E-state index contributed by atoms with van der Waals surface area (Å²) >= 11 is 2.00. The molecular formula is C4H7IN2O. The van der Waals surface area contributed by atoms with E-state index in [0.29, 0.717) is 0 Å². The molecule has 46 valence electrons. The van der Waals surface area contributed by atoms with Gasteiger partial charge in [-0.15, -0.1) is 0 Å². The first kappa shape index (κ1) is 6.12. The van der Waals surface area contributed by atoms with Gasteiger partial charge in [-0.05, 0) is 6.42 Å². The van der Waals surface area contributed by atoms with Crippen molar-refractivity contribution in [2.24, 2.45) is 0 Å². The van der Waals surface area contributed by atoms with Crippen LogP contribution in [-0.2, 0) is 0 Å². The molecule has 1 aliphatic rings. The molecule has 0 aromatic rings. The first-order chi connectivity index (χ1) is 3.80. The van der Waals surface area contributed by atoms with Gasteiger partial charge < -0.3 is 5.32 Å². The molecule has 8 heavy (non-hydrogen) atoms. The Hall–Kier alpha value is 0. The Morgan fingerprint density at radius 3 is 2.88 bits per heavy atom. The molecule has 2 amide bonds. The van der Waals surface area contributed by atoms with Crippen LogP contribution in [0.5, 0.6) is 0 Å². The van der Waals surface area contributed by atoms with E-state index in [1.807, 2.05) is 22.9 Å². The lowest BCUT2D eigenvalue weighted by atomic mass is 10.4. The third-order valence-electron chi connectivity index (χ3n) is 1.03. The maximum atomic E-state index is 10.6. The zero-order valence-corrected chi connectivity index (χ0v) is 6.51. The fourth-order valence-electron chi connectivity index (χ4n) is 0.601. The molecule has 0 aliphatic carbocycles. The Bertz CT molecular complexity index is 106. The molecule has 0 saturated carbocycles. The minimum absolute atomic E-state index is 0.0388. The third-order valence-corrected chi connectivity index (χ3v) is 1.95. The van der Waals surface area contributed by atoms with Gasteiger partial charge in [-0.1, -0.05) is 0 Å². The molecule has 0 aromatic carbocycles. The second-order valence-corrected chi connectivity index (χ2v) is 2.84. The average molecular weight is 226 g/mol. The van der Waals surface area contributed by atoms with Crippen molar-refractivity contribution in [1.82, 2.24) is 8.43 Å². The van der Waals surface area contributed by atoms with Crippen LogP contribution in [0.15, 0.2) is 0 Å². The molecule has 4 heteroatoms. The van der Waals surface area contributed by atoms with Gasteiger partial charge in [0.2, 0.25) is 0 Å². The minimum Gasteiger partial charge on any atom is -0.337 e. The van der Waals surface area contributed by atoms with Crippen molar-refractivity contribution in [3.63, 3.8) is 0 Å². The Morgan fingerprint density at radius 1 is 1.75 bits per heavy atom. The van der Waals surface area contributed by atoms with Gasteiger partial charge >= 0.3 is 6.03 Å². The van der Waals surface area contributed by atoms with Crippen LogP contribution in [-0.4, -0.2) is 22.2 Å². The minimum atomic E-state index is 0.0388. The topological polar surface area (TPSA) is 32.3 Å². The Balaban J connectivity index is 2.39. The summed E-state index contributed by atoms with van der Waals surface area (Å²) in [6, 6.07) is 0.0388. The van der Waals surface area contributed by atoms with Crippen LogP contribution in [0.4, 0.5) is 4.79 Å². The monoisotopic (exact) mass is 226 g/mol. The van der Waals surface area contributed by atoms with Crippen LogP contribution < -0.4 is 5.32 Å². The quantitative estimate of drug-likeness (QED) is 0.479. The van der Waals surface area contributed by atoms with Crippen molar-refractivity contribution in [3.8, 4) is 0 Å². The lowest BCUT2D eigenvalue weighted by Crippen LogP contribution is -2.40. The van der Waals surface area contributed by atoms with Crippen LogP contribution in [0.3, 0.4) is 0 Å². The summed E-state index contributed by atoms with van der Waals surface area (Å²) in [5.41, 5.74) is 0. The normalized spacial score (nSPS) is 20.6. The predicted octanol–water partition coefficient (Wildman–Crippen LogP) is 0.752. The number of urea groups is 1. The molecule has 0 radical (unpaired) electrons. The van der Waals surface area contributed by atoms with E-state index in [9.17, 15) is 4.79 Å². The SMILES string of the molecule is O=C1NCCCN1I. The van der Waals surface area contributed by atoms with Gasteiger partial charge in [-0.25, -0.2) is 4.79 Å². The lowest BCUT2D eigenvalue weighted by molar-refractivity contribution is 0.222. The number of carbonyl (C=O) groups is 1. The summed E-state index contributed by atoms with van der Waals surface area (Å²) in [6.45, 7) is 1.71. The van der Waals surface area contributed by atoms with Gasteiger partial charge in [0.1, 0.15) is 0 Å². The Kier molecular flexibility index (Phi) is 1.93. The van der Waals surface area contributed by atoms with Gasteiger partial charge in [0, 0.05) is 13.1 Å². The molecule has 0 unspecified atom stereocenters. The molecule has 1 N–H and O–H groups in total. The number of nitrogens with zero attached hydrogens (tertiary/aromatic N) is 1. The number of carbonyl (C=O) groups excluding carboxylic acids is 1. The zero-order chi connectivity index (χ0) is 5.98. The molecule has 3 nitrogen and oxygen atoms in total. The Morgan fingerprint density at radius 2 is 2.50 bits per heavy atom. The van der Waals surface area contributed by atoms with Crippen LogP contribution >= 0.6 is 22.9 Å². The number of amides is 2. The van der Waals surface area contributed by atoms with Crippen molar-refractivity contribution in [1.29, 1.82) is 0 Å². The van der Waals surface area contributed by atoms with Gasteiger partial charge in [-0.3, -0.25) is 3.11 Å². The Labute approximate surface area is 61.9 Å². The summed E-state index contributed by atoms with van der Waals surface area (Å²) in [7, 11) is 0. The molecule has 1 saturated heterocycles. The maximum absolute atomic E-state index is 10.6. The fraction of sp³-hybridized carbons (Fsp3) is 0.750. The van der Waals surface area contributed by atoms with Gasteiger partial charge in [0.15, 0.2) is 0 Å². The van der Waals surface area contributed by atoms with E-state index in [1.54, 1.807) is 3.11 Å². The number of halogens is 1. The molecule has 0 atom stereocenters. The van der Waals surface area contributed by atoms with Crippen molar-refractivity contribution < 1.29 is 4.79 Å². The van der Waals surface area contributed by atoms with Crippen molar-refractivity contribution >= 4 is 28.9 Å². The number of rotatable bonds is 0. The van der Waals surface area contributed by atoms with Crippen molar-refractivity contribution in [2.45, 2.75) is 6.42 Å². The summed E-state index contributed by atoms with van der Waals surface area (Å²) in [6.07, 6.45) is 1.06. The molecule has 1 heterocycles. The summed E-state index contributed by atoms with van der Waals surface area (Å²) < 4.78 is 1.65. The molecule has 1 fully saturated rings. The first-order valence-corrected chi connectivity index (χ1v) is 3.48.